The first-order valence-corrected chi connectivity index (χ1v) is 13.3. The van der Waals surface area contributed by atoms with Gasteiger partial charge in [0.15, 0.2) is 5.82 Å². The first-order valence-electron chi connectivity index (χ1n) is 11.0. The van der Waals surface area contributed by atoms with Crippen molar-refractivity contribution >= 4 is 54.0 Å². The Bertz CT molecular complexity index is 1850. The zero-order valence-electron chi connectivity index (χ0n) is 19.4. The van der Waals surface area contributed by atoms with Gasteiger partial charge in [-0.25, -0.2) is 31.3 Å². The van der Waals surface area contributed by atoms with Crippen molar-refractivity contribution < 1.29 is 40.3 Å². The molecule has 0 saturated carbocycles. The van der Waals surface area contributed by atoms with Crippen LogP contribution in [0.25, 0.3) is 20.9 Å². The second kappa shape index (κ2) is 9.58. The van der Waals surface area contributed by atoms with Crippen LogP contribution in [-0.2, 0) is 22.7 Å². The van der Waals surface area contributed by atoms with Crippen LogP contribution in [0.2, 0.25) is 0 Å². The SMILES string of the molecule is O=C(O)c1ccc(S(=O)(=O)N(Cc2cc3c(F)cc(F)cc3s2)c2ncc3ccccc3c2C(F)(F)F)cc1. The molecule has 13 heteroatoms. The van der Waals surface area contributed by atoms with Gasteiger partial charge in [-0.2, -0.15) is 13.2 Å². The lowest BCUT2D eigenvalue weighted by Crippen LogP contribution is -2.33. The molecule has 0 aliphatic heterocycles. The molecule has 0 spiro atoms. The number of carboxylic acids is 1. The van der Waals surface area contributed by atoms with Gasteiger partial charge in [0, 0.05) is 32.6 Å². The third-order valence-corrected chi connectivity index (χ3v) is 8.71. The summed E-state index contributed by atoms with van der Waals surface area (Å²) in [5, 5.41) is 8.95. The van der Waals surface area contributed by atoms with Crippen LogP contribution in [0.15, 0.2) is 77.8 Å². The van der Waals surface area contributed by atoms with Gasteiger partial charge in [0.25, 0.3) is 10.0 Å². The number of nitrogens with zero attached hydrogens (tertiary/aromatic N) is 2. The van der Waals surface area contributed by atoms with E-state index in [9.17, 15) is 35.2 Å². The first kappa shape index (κ1) is 26.5. The highest BCUT2D eigenvalue weighted by Crippen LogP contribution is 2.42. The van der Waals surface area contributed by atoms with Crippen molar-refractivity contribution in [1.82, 2.24) is 4.98 Å². The molecule has 39 heavy (non-hydrogen) atoms. The van der Waals surface area contributed by atoms with Gasteiger partial charge in [0.1, 0.15) is 17.2 Å². The van der Waals surface area contributed by atoms with E-state index in [0.29, 0.717) is 10.4 Å². The number of anilines is 1. The third-order valence-electron chi connectivity index (χ3n) is 5.89. The minimum absolute atomic E-state index is 0.0259. The number of rotatable bonds is 6. The number of halogens is 5. The number of carbonyl (C=O) groups is 1. The molecular formula is C26H15F5N2O4S2. The number of thiophene rings is 1. The van der Waals surface area contributed by atoms with E-state index in [2.05, 4.69) is 4.98 Å². The van der Waals surface area contributed by atoms with Crippen molar-refractivity contribution in [2.75, 3.05) is 4.31 Å². The topological polar surface area (TPSA) is 87.6 Å². The number of fused-ring (bicyclic) bond motifs is 2. The molecule has 5 rings (SSSR count). The van der Waals surface area contributed by atoms with E-state index in [1.807, 2.05) is 0 Å². The van der Waals surface area contributed by atoms with Crippen LogP contribution in [-0.4, -0.2) is 24.5 Å². The molecule has 0 fully saturated rings. The average Bonchev–Trinajstić information content (AvgIpc) is 3.29. The molecule has 0 saturated heterocycles. The predicted octanol–water partition coefficient (Wildman–Crippen LogP) is 6.84. The number of pyridine rings is 1. The Balaban J connectivity index is 1.74. The molecule has 0 bridgehead atoms. The highest BCUT2D eigenvalue weighted by Gasteiger charge is 2.41. The summed E-state index contributed by atoms with van der Waals surface area (Å²) in [5.41, 5.74) is -1.54. The molecule has 0 radical (unpaired) electrons. The summed E-state index contributed by atoms with van der Waals surface area (Å²) >= 11 is 0.810. The highest BCUT2D eigenvalue weighted by atomic mass is 32.2. The van der Waals surface area contributed by atoms with Gasteiger partial charge < -0.3 is 5.11 Å². The van der Waals surface area contributed by atoms with E-state index in [0.717, 1.165) is 47.9 Å². The fourth-order valence-corrected chi connectivity index (χ4v) is 6.71. The summed E-state index contributed by atoms with van der Waals surface area (Å²) in [6.45, 7) is -0.697. The fourth-order valence-electron chi connectivity index (χ4n) is 4.13. The smallest absolute Gasteiger partial charge is 0.420 e. The van der Waals surface area contributed by atoms with Crippen molar-refractivity contribution in [3.8, 4) is 0 Å². The van der Waals surface area contributed by atoms with Gasteiger partial charge in [-0.15, -0.1) is 11.3 Å². The lowest BCUT2D eigenvalue weighted by molar-refractivity contribution is -0.135. The highest BCUT2D eigenvalue weighted by molar-refractivity contribution is 7.92. The molecule has 0 atom stereocenters. The largest absolute Gasteiger partial charge is 0.478 e. The zero-order chi connectivity index (χ0) is 28.1. The monoisotopic (exact) mass is 578 g/mol. The quantitative estimate of drug-likeness (QED) is 0.223. The summed E-state index contributed by atoms with van der Waals surface area (Å²) < 4.78 is 99.7. The first-order chi connectivity index (χ1) is 18.4. The number of aromatic nitrogens is 1. The van der Waals surface area contributed by atoms with E-state index in [1.54, 1.807) is 0 Å². The Morgan fingerprint density at radius 1 is 0.974 bits per heavy atom. The van der Waals surface area contributed by atoms with Crippen molar-refractivity contribution in [3.63, 3.8) is 0 Å². The maximum absolute atomic E-state index is 14.5. The molecule has 2 aromatic heterocycles. The van der Waals surface area contributed by atoms with Gasteiger partial charge in [0.2, 0.25) is 0 Å². The van der Waals surface area contributed by atoms with Crippen LogP contribution in [0, 0.1) is 11.6 Å². The van der Waals surface area contributed by atoms with Crippen LogP contribution in [0.5, 0.6) is 0 Å². The van der Waals surface area contributed by atoms with E-state index in [1.165, 1.54) is 30.3 Å². The maximum Gasteiger partial charge on any atom is 0.420 e. The molecule has 1 N–H and O–H groups in total. The van der Waals surface area contributed by atoms with Crippen molar-refractivity contribution in [1.29, 1.82) is 0 Å². The summed E-state index contributed by atoms with van der Waals surface area (Å²) in [6.07, 6.45) is -3.92. The second-order valence-electron chi connectivity index (χ2n) is 8.40. The van der Waals surface area contributed by atoms with Gasteiger partial charge in [-0.3, -0.25) is 0 Å². The van der Waals surface area contributed by atoms with Gasteiger partial charge in [-0.05, 0) is 41.8 Å². The standard InChI is InChI=1S/C26H15F5N2O4S2/c27-16-9-21(28)20-11-17(38-22(20)10-16)13-33(39(36,37)18-7-5-14(6-8-18)25(34)35)24-23(26(29,30)31)19-4-2-1-3-15(19)12-32-24/h1-12H,13H2,(H,34,35). The number of hydrogen-bond donors (Lipinski definition) is 1. The van der Waals surface area contributed by atoms with Gasteiger partial charge in [0.05, 0.1) is 17.0 Å². The van der Waals surface area contributed by atoms with E-state index < -0.39 is 56.6 Å². The molecule has 0 unspecified atom stereocenters. The molecule has 5 aromatic rings. The Kier molecular flexibility index (Phi) is 6.51. The lowest BCUT2D eigenvalue weighted by atomic mass is 10.1. The predicted molar refractivity (Wildman–Crippen MR) is 135 cm³/mol. The fraction of sp³-hybridized carbons (Fsp3) is 0.0769. The lowest BCUT2D eigenvalue weighted by Gasteiger charge is -2.26. The number of aromatic carboxylic acids is 1. The van der Waals surface area contributed by atoms with Crippen molar-refractivity contribution in [3.05, 3.63) is 101 Å². The molecule has 6 nitrogen and oxygen atoms in total. The molecule has 2 heterocycles. The molecule has 0 amide bonds. The average molecular weight is 579 g/mol. The summed E-state index contributed by atoms with van der Waals surface area (Å²) in [6, 6.07) is 12.3. The molecular weight excluding hydrogens is 563 g/mol. The summed E-state index contributed by atoms with van der Waals surface area (Å²) in [5.74, 6) is -4.03. The molecule has 200 valence electrons. The minimum Gasteiger partial charge on any atom is -0.478 e. The maximum atomic E-state index is 14.5. The van der Waals surface area contributed by atoms with Crippen molar-refractivity contribution in [2.45, 2.75) is 17.6 Å². The zero-order valence-corrected chi connectivity index (χ0v) is 21.0. The van der Waals surface area contributed by atoms with Crippen LogP contribution in [0.1, 0.15) is 20.8 Å². The number of sulfonamides is 1. The Labute approximate surface area is 221 Å². The molecule has 0 aliphatic rings. The van der Waals surface area contributed by atoms with Crippen LogP contribution < -0.4 is 4.31 Å². The van der Waals surface area contributed by atoms with E-state index in [4.69, 9.17) is 5.11 Å². The van der Waals surface area contributed by atoms with Crippen molar-refractivity contribution in [2.24, 2.45) is 0 Å². The summed E-state index contributed by atoms with van der Waals surface area (Å²) in [4.78, 5) is 14.7. The van der Waals surface area contributed by atoms with E-state index >= 15 is 0 Å². The Morgan fingerprint density at radius 3 is 2.33 bits per heavy atom. The molecule has 0 aliphatic carbocycles. The number of hydrogen-bond acceptors (Lipinski definition) is 5. The third kappa shape index (κ3) is 4.90. The Hall–Kier alpha value is -4.10. The van der Waals surface area contributed by atoms with E-state index in [-0.39, 0.29) is 31.3 Å². The second-order valence-corrected chi connectivity index (χ2v) is 11.4. The Morgan fingerprint density at radius 2 is 1.67 bits per heavy atom. The van der Waals surface area contributed by atoms with Crippen LogP contribution in [0.4, 0.5) is 27.8 Å². The normalized spacial score (nSPS) is 12.2. The van der Waals surface area contributed by atoms with Gasteiger partial charge in [-0.1, -0.05) is 24.3 Å². The minimum atomic E-state index is -5.03. The number of alkyl halides is 3. The number of benzene rings is 3. The van der Waals surface area contributed by atoms with Crippen LogP contribution in [0.3, 0.4) is 0 Å². The van der Waals surface area contributed by atoms with Gasteiger partial charge >= 0.3 is 12.1 Å². The molecule has 3 aromatic carbocycles. The van der Waals surface area contributed by atoms with Crippen LogP contribution >= 0.6 is 11.3 Å². The summed E-state index contributed by atoms with van der Waals surface area (Å²) in [7, 11) is -4.79. The number of carboxylic acid groups (broad SMARTS) is 1.